The number of ether oxygens (including phenoxy) is 1. The van der Waals surface area contributed by atoms with E-state index in [1.165, 1.54) is 0 Å². The molecular weight excluding hydrogens is 446 g/mol. The minimum Gasteiger partial charge on any atom is -0.475 e. The Balaban J connectivity index is 1.28. The molecule has 3 saturated heterocycles. The minimum absolute atomic E-state index is 0.217. The number of aliphatic hydroxyl groups is 1. The summed E-state index contributed by atoms with van der Waals surface area (Å²) in [5, 5.41) is 19.3. The van der Waals surface area contributed by atoms with Gasteiger partial charge in [0, 0.05) is 18.8 Å². The van der Waals surface area contributed by atoms with Gasteiger partial charge in [0.05, 0.1) is 13.1 Å². The van der Waals surface area contributed by atoms with Crippen molar-refractivity contribution in [2.75, 3.05) is 19.6 Å². The van der Waals surface area contributed by atoms with Crippen LogP contribution in [0.15, 0.2) is 82.7 Å². The lowest BCUT2D eigenvalue weighted by Crippen LogP contribution is -2.64. The molecule has 6 nitrogen and oxygen atoms in total. The monoisotopic (exact) mass is 474 g/mol. The summed E-state index contributed by atoms with van der Waals surface area (Å²) in [5.74, 6) is 1.45. The van der Waals surface area contributed by atoms with Crippen molar-refractivity contribution in [3.63, 3.8) is 0 Å². The predicted octanol–water partition coefficient (Wildman–Crippen LogP) is 4.60. The standard InChI is InChI=1S/C27H28N3O3S/c31-27(21-8-3-1-4-9-21,22-10-5-2-6-11-22)26-28-24(33-29-26)19-30-15-13-20(14-16-30)23(18-30)32-25-12-7-17-34-25/h1-12,17,20,23,31H,13-16,18-19H2/q+1. The van der Waals surface area contributed by atoms with Gasteiger partial charge in [-0.1, -0.05) is 65.8 Å². The first-order valence-corrected chi connectivity index (χ1v) is 12.7. The molecule has 3 aliphatic rings. The van der Waals surface area contributed by atoms with E-state index in [-0.39, 0.29) is 11.9 Å². The smallest absolute Gasteiger partial charge is 0.282 e. The van der Waals surface area contributed by atoms with Crippen LogP contribution in [0.4, 0.5) is 0 Å². The molecule has 3 aliphatic heterocycles. The van der Waals surface area contributed by atoms with Gasteiger partial charge in [0.15, 0.2) is 23.3 Å². The molecule has 2 aromatic heterocycles. The summed E-state index contributed by atoms with van der Waals surface area (Å²) < 4.78 is 13.0. The summed E-state index contributed by atoms with van der Waals surface area (Å²) in [6, 6.07) is 23.2. The van der Waals surface area contributed by atoms with E-state index in [2.05, 4.69) is 10.5 Å². The fraction of sp³-hybridized carbons (Fsp3) is 0.333. The Morgan fingerprint density at radius 2 is 1.65 bits per heavy atom. The highest BCUT2D eigenvalue weighted by Gasteiger charge is 2.48. The maximum atomic E-state index is 12.0. The van der Waals surface area contributed by atoms with Crippen LogP contribution in [0.2, 0.25) is 0 Å². The molecule has 3 fully saturated rings. The molecule has 4 aromatic rings. The van der Waals surface area contributed by atoms with Gasteiger partial charge in [-0.3, -0.25) is 0 Å². The molecule has 7 rings (SSSR count). The lowest BCUT2D eigenvalue weighted by atomic mass is 9.83. The fourth-order valence-corrected chi connectivity index (χ4v) is 6.22. The molecule has 34 heavy (non-hydrogen) atoms. The van der Waals surface area contributed by atoms with Gasteiger partial charge in [0.2, 0.25) is 5.82 Å². The second-order valence-corrected chi connectivity index (χ2v) is 10.4. The SMILES string of the molecule is OC(c1ccccc1)(c1ccccc1)c1noc(C[N+]23CCC(CC2)C(Oc2cccs2)C3)n1. The minimum atomic E-state index is -1.48. The molecule has 1 atom stereocenters. The Hall–Kier alpha value is -3.00. The number of rotatable bonds is 7. The summed E-state index contributed by atoms with van der Waals surface area (Å²) in [6.07, 6.45) is 2.51. The van der Waals surface area contributed by atoms with Crippen LogP contribution in [-0.2, 0) is 12.1 Å². The molecule has 0 saturated carbocycles. The molecule has 1 N–H and O–H groups in total. The highest BCUT2D eigenvalue weighted by molar-refractivity contribution is 7.11. The van der Waals surface area contributed by atoms with Crippen molar-refractivity contribution in [3.8, 4) is 5.06 Å². The van der Waals surface area contributed by atoms with Gasteiger partial charge in [-0.15, -0.1) is 11.3 Å². The average Bonchev–Trinajstić information content (AvgIpc) is 3.58. The summed E-state index contributed by atoms with van der Waals surface area (Å²) in [4.78, 5) is 4.76. The Morgan fingerprint density at radius 3 is 2.26 bits per heavy atom. The molecule has 174 valence electrons. The van der Waals surface area contributed by atoms with Crippen LogP contribution < -0.4 is 4.74 Å². The van der Waals surface area contributed by atoms with Crippen molar-refractivity contribution < 1.29 is 18.8 Å². The first kappa shape index (κ1) is 21.5. The van der Waals surface area contributed by atoms with Crippen molar-refractivity contribution >= 4 is 11.3 Å². The quantitative estimate of drug-likeness (QED) is 0.397. The van der Waals surface area contributed by atoms with Gasteiger partial charge in [-0.2, -0.15) is 4.98 Å². The van der Waals surface area contributed by atoms with Crippen molar-refractivity contribution in [2.45, 2.75) is 31.1 Å². The van der Waals surface area contributed by atoms with Crippen LogP contribution in [0.25, 0.3) is 0 Å². The molecule has 2 aromatic carbocycles. The largest absolute Gasteiger partial charge is 0.475 e. The van der Waals surface area contributed by atoms with Crippen LogP contribution in [0.5, 0.6) is 5.06 Å². The van der Waals surface area contributed by atoms with Crippen LogP contribution in [0, 0.1) is 5.92 Å². The third kappa shape index (κ3) is 3.83. The van der Waals surface area contributed by atoms with E-state index in [0.29, 0.717) is 29.5 Å². The molecule has 0 radical (unpaired) electrons. The van der Waals surface area contributed by atoms with Crippen LogP contribution >= 0.6 is 11.3 Å². The number of thiophene rings is 1. The Labute approximate surface area is 203 Å². The van der Waals surface area contributed by atoms with E-state index < -0.39 is 5.60 Å². The number of nitrogens with zero attached hydrogens (tertiary/aromatic N) is 3. The van der Waals surface area contributed by atoms with Gasteiger partial charge < -0.3 is 18.8 Å². The average molecular weight is 475 g/mol. The first-order chi connectivity index (χ1) is 16.6. The maximum absolute atomic E-state index is 12.0. The third-order valence-electron chi connectivity index (χ3n) is 7.45. The topological polar surface area (TPSA) is 68.4 Å². The Morgan fingerprint density at radius 1 is 0.971 bits per heavy atom. The van der Waals surface area contributed by atoms with Gasteiger partial charge in [0.25, 0.3) is 5.89 Å². The van der Waals surface area contributed by atoms with Gasteiger partial charge in [-0.05, 0) is 28.6 Å². The third-order valence-corrected chi connectivity index (χ3v) is 8.21. The number of aromatic nitrogens is 2. The van der Waals surface area contributed by atoms with E-state index in [1.54, 1.807) is 11.3 Å². The number of benzene rings is 2. The van der Waals surface area contributed by atoms with E-state index in [4.69, 9.17) is 14.2 Å². The Bertz CT molecular complexity index is 1180. The van der Waals surface area contributed by atoms with Crippen molar-refractivity contribution in [1.82, 2.24) is 10.1 Å². The van der Waals surface area contributed by atoms with E-state index in [0.717, 1.165) is 42.0 Å². The summed E-state index contributed by atoms with van der Waals surface area (Å²) in [7, 11) is 0. The van der Waals surface area contributed by atoms with Gasteiger partial charge in [-0.25, -0.2) is 0 Å². The van der Waals surface area contributed by atoms with Crippen molar-refractivity contribution in [2.24, 2.45) is 5.92 Å². The van der Waals surface area contributed by atoms with Crippen LogP contribution in [-0.4, -0.2) is 45.5 Å². The fourth-order valence-electron chi connectivity index (χ4n) is 5.59. The van der Waals surface area contributed by atoms with Crippen LogP contribution in [0.3, 0.4) is 0 Å². The maximum Gasteiger partial charge on any atom is 0.282 e. The zero-order chi connectivity index (χ0) is 23.0. The molecule has 5 heterocycles. The molecule has 0 spiro atoms. The zero-order valence-corrected chi connectivity index (χ0v) is 19.7. The number of quaternary nitrogens is 1. The number of hydrogen-bond donors (Lipinski definition) is 1. The highest BCUT2D eigenvalue weighted by atomic mass is 32.1. The molecular formula is C27H28N3O3S+. The van der Waals surface area contributed by atoms with E-state index >= 15 is 0 Å². The zero-order valence-electron chi connectivity index (χ0n) is 18.9. The molecule has 7 heteroatoms. The van der Waals surface area contributed by atoms with Crippen molar-refractivity contribution in [1.29, 1.82) is 0 Å². The number of piperidine rings is 3. The second kappa shape index (κ2) is 8.65. The number of fused-ring (bicyclic) bond motifs is 3. The van der Waals surface area contributed by atoms with Crippen molar-refractivity contribution in [3.05, 3.63) is 101 Å². The molecule has 2 bridgehead atoms. The van der Waals surface area contributed by atoms with Gasteiger partial charge in [0.1, 0.15) is 6.54 Å². The Kier molecular flexibility index (Phi) is 5.48. The summed E-state index contributed by atoms with van der Waals surface area (Å²) in [5.41, 5.74) is -0.0585. The first-order valence-electron chi connectivity index (χ1n) is 11.9. The lowest BCUT2D eigenvalue weighted by molar-refractivity contribution is -0.959. The number of hydrogen-bond acceptors (Lipinski definition) is 6. The predicted molar refractivity (Wildman–Crippen MR) is 129 cm³/mol. The van der Waals surface area contributed by atoms with Crippen LogP contribution in [0.1, 0.15) is 35.7 Å². The van der Waals surface area contributed by atoms with E-state index in [1.807, 2.05) is 72.8 Å². The lowest BCUT2D eigenvalue weighted by Gasteiger charge is -2.51. The molecule has 0 amide bonds. The molecule has 0 aliphatic carbocycles. The summed E-state index contributed by atoms with van der Waals surface area (Å²) in [6.45, 7) is 3.79. The second-order valence-electron chi connectivity index (χ2n) is 9.51. The van der Waals surface area contributed by atoms with Gasteiger partial charge >= 0.3 is 0 Å². The summed E-state index contributed by atoms with van der Waals surface area (Å²) >= 11 is 1.65. The highest BCUT2D eigenvalue weighted by Crippen LogP contribution is 2.39. The normalized spacial score (nSPS) is 24.3. The molecule has 1 unspecified atom stereocenters. The van der Waals surface area contributed by atoms with E-state index in [9.17, 15) is 5.11 Å².